The molecule has 2 fully saturated rings. The fourth-order valence-corrected chi connectivity index (χ4v) is 4.43. The molecule has 1 N–H and O–H groups in total. The van der Waals surface area contributed by atoms with Crippen molar-refractivity contribution in [2.75, 3.05) is 13.1 Å². The van der Waals surface area contributed by atoms with E-state index in [0.29, 0.717) is 18.7 Å². The molecule has 2 saturated heterocycles. The number of fused-ring (bicyclic) bond motifs is 1. The Kier molecular flexibility index (Phi) is 3.12. The van der Waals surface area contributed by atoms with Crippen molar-refractivity contribution < 1.29 is 13.2 Å². The van der Waals surface area contributed by atoms with Crippen molar-refractivity contribution in [3.05, 3.63) is 30.1 Å². The molecule has 3 rings (SSSR count). The van der Waals surface area contributed by atoms with E-state index in [2.05, 4.69) is 10.3 Å². The van der Waals surface area contributed by atoms with E-state index in [1.165, 1.54) is 4.31 Å². The lowest BCUT2D eigenvalue weighted by molar-refractivity contribution is -0.118. The Morgan fingerprint density at radius 3 is 3.00 bits per heavy atom. The molecule has 7 heteroatoms. The fraction of sp³-hybridized carbons (Fsp3) is 0.500. The maximum atomic E-state index is 12.4. The third kappa shape index (κ3) is 2.29. The largest absolute Gasteiger partial charge is 0.306 e. The first-order valence-electron chi connectivity index (χ1n) is 6.23. The van der Waals surface area contributed by atoms with Crippen molar-refractivity contribution in [2.45, 2.75) is 24.3 Å². The van der Waals surface area contributed by atoms with E-state index in [4.69, 9.17) is 0 Å². The summed E-state index contributed by atoms with van der Waals surface area (Å²) in [5, 5.41) is 3.06. The minimum absolute atomic E-state index is 0.0164. The quantitative estimate of drug-likeness (QED) is 0.810. The van der Waals surface area contributed by atoms with Gasteiger partial charge in [-0.15, -0.1) is 0 Å². The van der Waals surface area contributed by atoms with E-state index in [0.717, 1.165) is 0 Å². The van der Waals surface area contributed by atoms with Gasteiger partial charge in [-0.1, -0.05) is 6.07 Å². The van der Waals surface area contributed by atoms with Gasteiger partial charge in [0.1, 0.15) is 5.75 Å². The Morgan fingerprint density at radius 1 is 1.42 bits per heavy atom. The number of ketones is 1. The number of carbonyl (C=O) groups excluding carboxylic acids is 1. The molecule has 1 aromatic heterocycles. The number of nitrogens with one attached hydrogen (secondary N) is 1. The topological polar surface area (TPSA) is 79.4 Å². The van der Waals surface area contributed by atoms with Crippen LogP contribution in [0.4, 0.5) is 0 Å². The summed E-state index contributed by atoms with van der Waals surface area (Å²) in [5.41, 5.74) is 0.504. The van der Waals surface area contributed by atoms with Crippen molar-refractivity contribution in [2.24, 2.45) is 0 Å². The van der Waals surface area contributed by atoms with Crippen LogP contribution in [0.2, 0.25) is 0 Å². The molecular formula is C12H15N3O3S. The predicted molar refractivity (Wildman–Crippen MR) is 68.8 cm³/mol. The second-order valence-corrected chi connectivity index (χ2v) is 6.80. The highest BCUT2D eigenvalue weighted by Gasteiger charge is 2.48. The number of aromatic nitrogens is 1. The molecule has 19 heavy (non-hydrogen) atoms. The van der Waals surface area contributed by atoms with Crippen LogP contribution in [-0.2, 0) is 20.6 Å². The highest BCUT2D eigenvalue weighted by molar-refractivity contribution is 7.88. The summed E-state index contributed by atoms with van der Waals surface area (Å²) in [6, 6.07) is 4.64. The molecule has 0 aromatic carbocycles. The molecule has 102 valence electrons. The molecule has 3 heterocycles. The van der Waals surface area contributed by atoms with E-state index >= 15 is 0 Å². The Labute approximate surface area is 111 Å². The molecule has 0 amide bonds. The lowest BCUT2D eigenvalue weighted by Crippen LogP contribution is -2.39. The molecule has 2 atom stereocenters. The second-order valence-electron chi connectivity index (χ2n) is 4.88. The van der Waals surface area contributed by atoms with Crippen molar-refractivity contribution >= 4 is 15.8 Å². The number of carbonyl (C=O) groups is 1. The van der Waals surface area contributed by atoms with Crippen molar-refractivity contribution in [3.8, 4) is 0 Å². The van der Waals surface area contributed by atoms with Gasteiger partial charge in [-0.2, -0.15) is 4.31 Å². The molecule has 0 saturated carbocycles. The normalized spacial score (nSPS) is 27.7. The Bertz CT molecular complexity index is 587. The van der Waals surface area contributed by atoms with Gasteiger partial charge in [-0.3, -0.25) is 9.78 Å². The number of nitrogens with zero attached hydrogens (tertiary/aromatic N) is 2. The first kappa shape index (κ1) is 12.7. The third-order valence-corrected chi connectivity index (χ3v) is 5.41. The molecule has 2 aliphatic rings. The number of rotatable bonds is 3. The van der Waals surface area contributed by atoms with Crippen molar-refractivity contribution in [1.82, 2.24) is 14.6 Å². The van der Waals surface area contributed by atoms with Crippen LogP contribution in [0.5, 0.6) is 0 Å². The first-order valence-corrected chi connectivity index (χ1v) is 7.84. The van der Waals surface area contributed by atoms with E-state index < -0.39 is 10.0 Å². The lowest BCUT2D eigenvalue weighted by Gasteiger charge is -2.21. The Balaban J connectivity index is 1.83. The van der Waals surface area contributed by atoms with Gasteiger partial charge in [0.05, 0.1) is 18.3 Å². The summed E-state index contributed by atoms with van der Waals surface area (Å²) < 4.78 is 26.1. The van der Waals surface area contributed by atoms with Gasteiger partial charge in [0, 0.05) is 12.2 Å². The van der Waals surface area contributed by atoms with E-state index in [-0.39, 0.29) is 30.2 Å². The minimum atomic E-state index is -3.49. The maximum absolute atomic E-state index is 12.4. The summed E-state index contributed by atoms with van der Waals surface area (Å²) >= 11 is 0. The Morgan fingerprint density at radius 2 is 2.26 bits per heavy atom. The second kappa shape index (κ2) is 4.66. The number of Topliss-reactive ketones (excluding diaryl/α,β-unsaturated/α-hetero) is 1. The zero-order valence-electron chi connectivity index (χ0n) is 10.3. The van der Waals surface area contributed by atoms with Crippen LogP contribution in [0, 0.1) is 0 Å². The molecule has 0 radical (unpaired) electrons. The highest BCUT2D eigenvalue weighted by Crippen LogP contribution is 2.26. The fourth-order valence-electron chi connectivity index (χ4n) is 2.76. The summed E-state index contributed by atoms with van der Waals surface area (Å²) in [4.78, 5) is 15.8. The van der Waals surface area contributed by atoms with Crippen LogP contribution in [0.25, 0.3) is 0 Å². The number of hydrogen-bond acceptors (Lipinski definition) is 5. The molecule has 6 nitrogen and oxygen atoms in total. The molecule has 2 unspecified atom stereocenters. The molecule has 0 spiro atoms. The van der Waals surface area contributed by atoms with Crippen LogP contribution in [0.1, 0.15) is 12.1 Å². The molecule has 0 bridgehead atoms. The number of sulfonamides is 1. The van der Waals surface area contributed by atoms with Gasteiger partial charge >= 0.3 is 0 Å². The van der Waals surface area contributed by atoms with Crippen molar-refractivity contribution in [1.29, 1.82) is 0 Å². The van der Waals surface area contributed by atoms with Crippen LogP contribution in [0.3, 0.4) is 0 Å². The van der Waals surface area contributed by atoms with Gasteiger partial charge < -0.3 is 5.32 Å². The monoisotopic (exact) mass is 281 g/mol. The zero-order chi connectivity index (χ0) is 13.5. The highest BCUT2D eigenvalue weighted by atomic mass is 32.2. The maximum Gasteiger partial charge on any atom is 0.220 e. The minimum Gasteiger partial charge on any atom is -0.306 e. The molecule has 0 aliphatic carbocycles. The van der Waals surface area contributed by atoms with Crippen LogP contribution < -0.4 is 5.32 Å². The van der Waals surface area contributed by atoms with Crippen LogP contribution in [0.15, 0.2) is 24.4 Å². The van der Waals surface area contributed by atoms with E-state index in [1.54, 1.807) is 24.4 Å². The summed E-state index contributed by atoms with van der Waals surface area (Å²) in [6.45, 7) is 0.675. The molecule has 1 aromatic rings. The SMILES string of the molecule is O=C1CN(S(=O)(=O)Cc2ccccn2)C2CCNC12. The third-order valence-electron chi connectivity index (χ3n) is 3.63. The van der Waals surface area contributed by atoms with Gasteiger partial charge in [0.15, 0.2) is 5.78 Å². The lowest BCUT2D eigenvalue weighted by atomic mass is 10.1. The average molecular weight is 281 g/mol. The predicted octanol–water partition coefficient (Wildman–Crippen LogP) is -0.473. The summed E-state index contributed by atoms with van der Waals surface area (Å²) in [6.07, 6.45) is 2.26. The van der Waals surface area contributed by atoms with Crippen molar-refractivity contribution in [3.63, 3.8) is 0 Å². The smallest absolute Gasteiger partial charge is 0.220 e. The molecule has 2 aliphatic heterocycles. The molecular weight excluding hydrogens is 266 g/mol. The van der Waals surface area contributed by atoms with Gasteiger partial charge in [0.2, 0.25) is 10.0 Å². The van der Waals surface area contributed by atoms with E-state index in [9.17, 15) is 13.2 Å². The standard InChI is InChI=1S/C12H15N3O3S/c16-11-7-15(10-4-6-14-12(10)11)19(17,18)8-9-3-1-2-5-13-9/h1-3,5,10,12,14H,4,6-8H2. The Hall–Kier alpha value is -1.31. The number of pyridine rings is 1. The van der Waals surface area contributed by atoms with Crippen LogP contribution in [-0.4, -0.2) is 48.7 Å². The average Bonchev–Trinajstić information content (AvgIpc) is 2.94. The number of hydrogen-bond donors (Lipinski definition) is 1. The van der Waals surface area contributed by atoms with Gasteiger partial charge in [0.25, 0.3) is 0 Å². The van der Waals surface area contributed by atoms with E-state index in [1.807, 2.05) is 0 Å². The van der Waals surface area contributed by atoms with Gasteiger partial charge in [-0.25, -0.2) is 8.42 Å². The summed E-state index contributed by atoms with van der Waals surface area (Å²) in [5.74, 6) is -0.184. The van der Waals surface area contributed by atoms with Gasteiger partial charge in [-0.05, 0) is 25.1 Å². The van der Waals surface area contributed by atoms with Crippen LogP contribution >= 0.6 is 0 Å². The first-order chi connectivity index (χ1) is 9.08. The summed E-state index contributed by atoms with van der Waals surface area (Å²) in [7, 11) is -3.49. The zero-order valence-corrected chi connectivity index (χ0v) is 11.1.